The standard InChI is InChI=1S/C39H37NO4/c1-4-38(41)43-35-23-17-30(18-24-35)37(31-19-25-36(26-20-31)44-39(42)28(2)3)27-29-15-21-34(22-16-29)40(32-11-7-5-8-12-32)33-13-9-6-10-14-33/h4-5,7-8,11-12,15-27,33H,1-2,6,9-10,13-14H2,3H3. The molecule has 0 atom stereocenters. The molecular formula is C39H37NO4. The molecule has 1 aliphatic carbocycles. The van der Waals surface area contributed by atoms with Crippen molar-refractivity contribution in [3.8, 4) is 11.5 Å². The topological polar surface area (TPSA) is 55.8 Å². The molecule has 4 aromatic carbocycles. The number of esters is 2. The molecule has 222 valence electrons. The van der Waals surface area contributed by atoms with Crippen molar-refractivity contribution >= 4 is 35.0 Å². The monoisotopic (exact) mass is 583 g/mol. The summed E-state index contributed by atoms with van der Waals surface area (Å²) in [5, 5.41) is 0. The Morgan fingerprint density at radius 3 is 1.82 bits per heavy atom. The first-order valence-electron chi connectivity index (χ1n) is 15.0. The average molecular weight is 584 g/mol. The summed E-state index contributed by atoms with van der Waals surface area (Å²) in [6.45, 7) is 8.73. The number of carbonyl (C=O) groups is 2. The summed E-state index contributed by atoms with van der Waals surface area (Å²) in [4.78, 5) is 26.2. The van der Waals surface area contributed by atoms with E-state index in [2.05, 4.69) is 78.7 Å². The highest BCUT2D eigenvalue weighted by Crippen LogP contribution is 2.35. The van der Waals surface area contributed by atoms with Gasteiger partial charge in [0.1, 0.15) is 11.5 Å². The van der Waals surface area contributed by atoms with Gasteiger partial charge in [-0.15, -0.1) is 0 Å². The number of para-hydroxylation sites is 1. The summed E-state index contributed by atoms with van der Waals surface area (Å²) in [6.07, 6.45) is 9.48. The van der Waals surface area contributed by atoms with Crippen LogP contribution in [0.3, 0.4) is 0 Å². The zero-order valence-electron chi connectivity index (χ0n) is 25.1. The Labute approximate surface area is 259 Å². The first-order valence-corrected chi connectivity index (χ1v) is 15.0. The average Bonchev–Trinajstić information content (AvgIpc) is 3.06. The van der Waals surface area contributed by atoms with Crippen molar-refractivity contribution in [2.45, 2.75) is 45.1 Å². The normalized spacial score (nSPS) is 13.5. The summed E-state index contributed by atoms with van der Waals surface area (Å²) in [6, 6.07) is 34.6. The number of rotatable bonds is 10. The van der Waals surface area contributed by atoms with Gasteiger partial charge in [0.2, 0.25) is 0 Å². The van der Waals surface area contributed by atoms with E-state index in [4.69, 9.17) is 9.47 Å². The van der Waals surface area contributed by atoms with Crippen molar-refractivity contribution < 1.29 is 19.1 Å². The van der Waals surface area contributed by atoms with Gasteiger partial charge in [0.25, 0.3) is 0 Å². The molecule has 5 nitrogen and oxygen atoms in total. The zero-order chi connectivity index (χ0) is 30.9. The van der Waals surface area contributed by atoms with Crippen LogP contribution in [0.5, 0.6) is 11.5 Å². The Bertz CT molecular complexity index is 1630. The Morgan fingerprint density at radius 1 is 0.727 bits per heavy atom. The molecule has 0 aliphatic heterocycles. The molecule has 44 heavy (non-hydrogen) atoms. The van der Waals surface area contributed by atoms with Crippen molar-refractivity contribution in [2.75, 3.05) is 4.90 Å². The van der Waals surface area contributed by atoms with Gasteiger partial charge in [-0.1, -0.05) is 87.0 Å². The molecule has 5 rings (SSSR count). The molecular weight excluding hydrogens is 546 g/mol. The van der Waals surface area contributed by atoms with E-state index >= 15 is 0 Å². The summed E-state index contributed by atoms with van der Waals surface area (Å²) in [5.41, 5.74) is 6.61. The van der Waals surface area contributed by atoms with Gasteiger partial charge in [-0.05, 0) is 96.6 Å². The highest BCUT2D eigenvalue weighted by molar-refractivity contribution is 5.92. The van der Waals surface area contributed by atoms with Gasteiger partial charge in [0.15, 0.2) is 0 Å². The lowest BCUT2D eigenvalue weighted by Crippen LogP contribution is -2.32. The van der Waals surface area contributed by atoms with Crippen LogP contribution in [0.1, 0.15) is 55.7 Å². The first kappa shape index (κ1) is 30.3. The maximum Gasteiger partial charge on any atom is 0.338 e. The highest BCUT2D eigenvalue weighted by atomic mass is 16.5. The second-order valence-electron chi connectivity index (χ2n) is 11.0. The molecule has 1 saturated carbocycles. The van der Waals surface area contributed by atoms with Gasteiger partial charge >= 0.3 is 11.9 Å². The molecule has 0 radical (unpaired) electrons. The lowest BCUT2D eigenvalue weighted by Gasteiger charge is -2.36. The Morgan fingerprint density at radius 2 is 1.27 bits per heavy atom. The van der Waals surface area contributed by atoms with Gasteiger partial charge in [-0.3, -0.25) is 0 Å². The van der Waals surface area contributed by atoms with Crippen LogP contribution in [0, 0.1) is 0 Å². The SMILES string of the molecule is C=CC(=O)Oc1ccc(C(=Cc2ccc(N(c3ccccc3)C3CCCCC3)cc2)c2ccc(OC(=O)C(=C)C)cc2)cc1. The fourth-order valence-corrected chi connectivity index (χ4v) is 5.49. The molecule has 5 heteroatoms. The second kappa shape index (κ2) is 14.3. The van der Waals surface area contributed by atoms with Crippen LogP contribution in [0.4, 0.5) is 11.4 Å². The minimum absolute atomic E-state index is 0.338. The molecule has 1 aliphatic rings. The smallest absolute Gasteiger partial charge is 0.338 e. The molecule has 0 saturated heterocycles. The van der Waals surface area contributed by atoms with Gasteiger partial charge < -0.3 is 14.4 Å². The van der Waals surface area contributed by atoms with E-state index in [0.29, 0.717) is 23.1 Å². The number of nitrogens with zero attached hydrogens (tertiary/aromatic N) is 1. The van der Waals surface area contributed by atoms with Crippen LogP contribution in [-0.2, 0) is 9.59 Å². The molecule has 0 amide bonds. The van der Waals surface area contributed by atoms with Crippen LogP contribution in [0.15, 0.2) is 128 Å². The zero-order valence-corrected chi connectivity index (χ0v) is 25.1. The third-order valence-corrected chi connectivity index (χ3v) is 7.73. The summed E-state index contributed by atoms with van der Waals surface area (Å²) >= 11 is 0. The Balaban J connectivity index is 1.48. The van der Waals surface area contributed by atoms with Crippen LogP contribution >= 0.6 is 0 Å². The predicted molar refractivity (Wildman–Crippen MR) is 178 cm³/mol. The molecule has 0 unspecified atom stereocenters. The molecule has 0 bridgehead atoms. The summed E-state index contributed by atoms with van der Waals surface area (Å²) in [7, 11) is 0. The number of anilines is 2. The third kappa shape index (κ3) is 7.61. The van der Waals surface area contributed by atoms with Crippen LogP contribution in [0.2, 0.25) is 0 Å². The van der Waals surface area contributed by atoms with E-state index < -0.39 is 11.9 Å². The maximum absolute atomic E-state index is 12.0. The van der Waals surface area contributed by atoms with Crippen molar-refractivity contribution in [3.63, 3.8) is 0 Å². The van der Waals surface area contributed by atoms with Crippen LogP contribution in [-0.4, -0.2) is 18.0 Å². The largest absolute Gasteiger partial charge is 0.423 e. The molecule has 0 aromatic heterocycles. The second-order valence-corrected chi connectivity index (χ2v) is 11.0. The van der Waals surface area contributed by atoms with Crippen molar-refractivity contribution in [2.24, 2.45) is 0 Å². The van der Waals surface area contributed by atoms with Crippen LogP contribution < -0.4 is 14.4 Å². The molecule has 0 N–H and O–H groups in total. The molecule has 4 aromatic rings. The maximum atomic E-state index is 12.0. The van der Waals surface area contributed by atoms with E-state index in [0.717, 1.165) is 28.3 Å². The van der Waals surface area contributed by atoms with E-state index in [9.17, 15) is 9.59 Å². The minimum Gasteiger partial charge on any atom is -0.423 e. The minimum atomic E-state index is -0.508. The number of ether oxygens (including phenoxy) is 2. The van der Waals surface area contributed by atoms with Gasteiger partial charge in [0.05, 0.1) is 0 Å². The Hall–Kier alpha value is -5.16. The van der Waals surface area contributed by atoms with Gasteiger partial charge in [-0.2, -0.15) is 0 Å². The fourth-order valence-electron chi connectivity index (χ4n) is 5.49. The van der Waals surface area contributed by atoms with E-state index in [1.807, 2.05) is 24.3 Å². The van der Waals surface area contributed by atoms with Crippen molar-refractivity contribution in [1.82, 2.24) is 0 Å². The number of carbonyl (C=O) groups excluding carboxylic acids is 2. The quantitative estimate of drug-likeness (QED) is 0.0806. The lowest BCUT2D eigenvalue weighted by atomic mass is 9.93. The lowest BCUT2D eigenvalue weighted by molar-refractivity contribution is -0.130. The van der Waals surface area contributed by atoms with Gasteiger partial charge in [0, 0.05) is 29.1 Å². The van der Waals surface area contributed by atoms with E-state index in [1.54, 1.807) is 31.2 Å². The first-order chi connectivity index (χ1) is 21.4. The number of hydrogen-bond acceptors (Lipinski definition) is 5. The fraction of sp³-hybridized carbons (Fsp3) is 0.179. The van der Waals surface area contributed by atoms with Gasteiger partial charge in [-0.25, -0.2) is 9.59 Å². The van der Waals surface area contributed by atoms with E-state index in [-0.39, 0.29) is 0 Å². The third-order valence-electron chi connectivity index (χ3n) is 7.73. The van der Waals surface area contributed by atoms with Crippen molar-refractivity contribution in [3.05, 3.63) is 145 Å². The predicted octanol–water partition coefficient (Wildman–Crippen LogP) is 9.32. The molecule has 0 spiro atoms. The molecule has 1 fully saturated rings. The van der Waals surface area contributed by atoms with Crippen LogP contribution in [0.25, 0.3) is 11.6 Å². The number of benzene rings is 4. The Kier molecular flexibility index (Phi) is 9.88. The highest BCUT2D eigenvalue weighted by Gasteiger charge is 2.23. The summed E-state index contributed by atoms with van der Waals surface area (Å²) < 4.78 is 10.7. The number of hydrogen-bond donors (Lipinski definition) is 0. The summed E-state index contributed by atoms with van der Waals surface area (Å²) in [5.74, 6) is -0.0868. The van der Waals surface area contributed by atoms with Crippen molar-refractivity contribution in [1.29, 1.82) is 0 Å². The van der Waals surface area contributed by atoms with E-state index in [1.165, 1.54) is 43.5 Å². The molecule has 0 heterocycles.